The van der Waals surface area contributed by atoms with Gasteiger partial charge in [0.05, 0.1) is 5.02 Å². The van der Waals surface area contributed by atoms with Crippen molar-refractivity contribution in [2.75, 3.05) is 12.4 Å². The zero-order valence-corrected chi connectivity index (χ0v) is 15.0. The van der Waals surface area contributed by atoms with Crippen LogP contribution < -0.4 is 5.32 Å². The lowest BCUT2D eigenvalue weighted by Crippen LogP contribution is -2.30. The summed E-state index contributed by atoms with van der Waals surface area (Å²) in [4.78, 5) is 1.94. The van der Waals surface area contributed by atoms with Gasteiger partial charge in [0.25, 0.3) is 0 Å². The average Bonchev–Trinajstić information content (AvgIpc) is 2.87. The molecule has 1 aromatic heterocycles. The summed E-state index contributed by atoms with van der Waals surface area (Å²) in [7, 11) is 3.95. The minimum Gasteiger partial charge on any atom is -0.350 e. The zero-order valence-electron chi connectivity index (χ0n) is 13.4. The smallest absolute Gasteiger partial charge is 0.173 e. The second kappa shape index (κ2) is 6.79. The molecule has 0 saturated carbocycles. The largest absolute Gasteiger partial charge is 0.350 e. The normalized spacial score (nSPS) is 10.8. The van der Waals surface area contributed by atoms with E-state index in [1.165, 1.54) is 28.6 Å². The molecule has 0 bridgehead atoms. The maximum atomic E-state index is 13.2. The van der Waals surface area contributed by atoms with Crippen LogP contribution in [0.4, 0.5) is 10.1 Å². The molecule has 0 atom stereocenters. The molecule has 0 aliphatic rings. The molecule has 0 amide bonds. The fraction of sp³-hybridized carbons (Fsp3) is 0.167. The highest BCUT2D eigenvalue weighted by Crippen LogP contribution is 2.22. The highest BCUT2D eigenvalue weighted by atomic mass is 35.5. The van der Waals surface area contributed by atoms with E-state index in [0.29, 0.717) is 17.3 Å². The lowest BCUT2D eigenvalue weighted by atomic mass is 10.2. The molecule has 2 aromatic carbocycles. The van der Waals surface area contributed by atoms with Gasteiger partial charge >= 0.3 is 0 Å². The van der Waals surface area contributed by atoms with Crippen LogP contribution in [0, 0.1) is 5.82 Å². The summed E-state index contributed by atoms with van der Waals surface area (Å²) < 4.78 is 15.3. The predicted octanol–water partition coefficient (Wildman–Crippen LogP) is 4.80. The second-order valence-corrected chi connectivity index (χ2v) is 6.49. The Morgan fingerprint density at radius 3 is 2.79 bits per heavy atom. The molecule has 1 N–H and O–H groups in total. The summed E-state index contributed by atoms with van der Waals surface area (Å²) in [5.41, 5.74) is 3.04. The van der Waals surface area contributed by atoms with Crippen molar-refractivity contribution in [1.82, 2.24) is 9.47 Å². The van der Waals surface area contributed by atoms with E-state index in [0.717, 1.165) is 0 Å². The SMILES string of the molecule is CN(Cc1cn(C)c2ccccc12)C(=S)Nc1ccc(F)c(Cl)c1. The highest BCUT2D eigenvalue weighted by Gasteiger charge is 2.11. The van der Waals surface area contributed by atoms with Crippen molar-refractivity contribution < 1.29 is 4.39 Å². The van der Waals surface area contributed by atoms with Gasteiger partial charge in [-0.1, -0.05) is 29.8 Å². The van der Waals surface area contributed by atoms with E-state index in [9.17, 15) is 4.39 Å². The number of halogens is 2. The number of fused-ring (bicyclic) bond motifs is 1. The first-order chi connectivity index (χ1) is 11.5. The van der Waals surface area contributed by atoms with E-state index in [-0.39, 0.29) is 5.02 Å². The first-order valence-electron chi connectivity index (χ1n) is 7.46. The molecule has 0 aliphatic carbocycles. The minimum absolute atomic E-state index is 0.0690. The number of aromatic nitrogens is 1. The van der Waals surface area contributed by atoms with E-state index in [1.807, 2.05) is 31.1 Å². The van der Waals surface area contributed by atoms with Gasteiger partial charge in [-0.2, -0.15) is 0 Å². The van der Waals surface area contributed by atoms with Gasteiger partial charge in [-0.15, -0.1) is 0 Å². The van der Waals surface area contributed by atoms with Gasteiger partial charge in [0.15, 0.2) is 5.11 Å². The molecule has 24 heavy (non-hydrogen) atoms. The summed E-state index contributed by atoms with van der Waals surface area (Å²) in [5.74, 6) is -0.447. The Morgan fingerprint density at radius 1 is 1.29 bits per heavy atom. The number of nitrogens with zero attached hydrogens (tertiary/aromatic N) is 2. The summed E-state index contributed by atoms with van der Waals surface area (Å²) in [6.07, 6.45) is 2.11. The van der Waals surface area contributed by atoms with Gasteiger partial charge in [0, 0.05) is 43.4 Å². The third-order valence-corrected chi connectivity index (χ3v) is 4.61. The zero-order chi connectivity index (χ0) is 17.3. The fourth-order valence-corrected chi connectivity index (χ4v) is 3.03. The van der Waals surface area contributed by atoms with Gasteiger partial charge in [0.2, 0.25) is 0 Å². The average molecular weight is 362 g/mol. The molecule has 0 fully saturated rings. The van der Waals surface area contributed by atoms with Crippen LogP contribution in [0.1, 0.15) is 5.56 Å². The van der Waals surface area contributed by atoms with Crippen molar-refractivity contribution in [3.63, 3.8) is 0 Å². The number of anilines is 1. The maximum Gasteiger partial charge on any atom is 0.173 e. The molecular formula is C18H17ClFN3S. The summed E-state index contributed by atoms with van der Waals surface area (Å²) >= 11 is 11.2. The van der Waals surface area contributed by atoms with Crippen LogP contribution in [-0.2, 0) is 13.6 Å². The van der Waals surface area contributed by atoms with Crippen molar-refractivity contribution in [3.05, 3.63) is 65.1 Å². The van der Waals surface area contributed by atoms with Crippen molar-refractivity contribution in [3.8, 4) is 0 Å². The molecule has 3 aromatic rings. The van der Waals surface area contributed by atoms with Crippen molar-refractivity contribution in [2.24, 2.45) is 7.05 Å². The van der Waals surface area contributed by atoms with Crippen LogP contribution in [0.3, 0.4) is 0 Å². The molecule has 1 heterocycles. The molecule has 0 spiro atoms. The van der Waals surface area contributed by atoms with E-state index in [1.54, 1.807) is 6.07 Å². The van der Waals surface area contributed by atoms with E-state index in [2.05, 4.69) is 28.2 Å². The third-order valence-electron chi connectivity index (χ3n) is 3.90. The van der Waals surface area contributed by atoms with Crippen LogP contribution in [0.15, 0.2) is 48.7 Å². The maximum absolute atomic E-state index is 13.2. The molecule has 0 unspecified atom stereocenters. The Kier molecular flexibility index (Phi) is 4.73. The van der Waals surface area contributed by atoms with Crippen molar-refractivity contribution >= 4 is 45.5 Å². The van der Waals surface area contributed by atoms with E-state index >= 15 is 0 Å². The quantitative estimate of drug-likeness (QED) is 0.677. The Labute approximate surface area is 150 Å². The standard InChI is InChI=1S/C18H17ClFN3S/c1-22-10-12(14-5-3-4-6-17(14)22)11-23(2)18(24)21-13-7-8-16(20)15(19)9-13/h3-10H,11H2,1-2H3,(H,21,24). The van der Waals surface area contributed by atoms with Gasteiger partial charge in [-0.05, 0) is 42.0 Å². The number of benzene rings is 2. The number of nitrogens with one attached hydrogen (secondary N) is 1. The van der Waals surface area contributed by atoms with E-state index < -0.39 is 5.82 Å². The van der Waals surface area contributed by atoms with Gasteiger partial charge in [0.1, 0.15) is 5.82 Å². The van der Waals surface area contributed by atoms with Gasteiger partial charge in [-0.3, -0.25) is 0 Å². The number of hydrogen-bond donors (Lipinski definition) is 1. The molecule has 0 aliphatic heterocycles. The number of aryl methyl sites for hydroxylation is 1. The topological polar surface area (TPSA) is 20.2 Å². The van der Waals surface area contributed by atoms with Crippen LogP contribution in [-0.4, -0.2) is 21.6 Å². The molecular weight excluding hydrogens is 345 g/mol. The van der Waals surface area contributed by atoms with Gasteiger partial charge < -0.3 is 14.8 Å². The first-order valence-corrected chi connectivity index (χ1v) is 8.24. The lowest BCUT2D eigenvalue weighted by Gasteiger charge is -2.21. The van der Waals surface area contributed by atoms with Crippen LogP contribution in [0.2, 0.25) is 5.02 Å². The molecule has 3 rings (SSSR count). The van der Waals surface area contributed by atoms with Crippen molar-refractivity contribution in [1.29, 1.82) is 0 Å². The predicted molar refractivity (Wildman–Crippen MR) is 102 cm³/mol. The summed E-state index contributed by atoms with van der Waals surface area (Å²) in [5, 5.41) is 4.91. The molecule has 0 saturated heterocycles. The number of rotatable bonds is 3. The molecule has 124 valence electrons. The highest BCUT2D eigenvalue weighted by molar-refractivity contribution is 7.80. The summed E-state index contributed by atoms with van der Waals surface area (Å²) in [6, 6.07) is 12.7. The van der Waals surface area contributed by atoms with Crippen LogP contribution >= 0.6 is 23.8 Å². The molecule has 6 heteroatoms. The monoisotopic (exact) mass is 361 g/mol. The van der Waals surface area contributed by atoms with Crippen molar-refractivity contribution in [2.45, 2.75) is 6.54 Å². The number of thiocarbonyl (C=S) groups is 1. The first kappa shape index (κ1) is 16.7. The van der Waals surface area contributed by atoms with Gasteiger partial charge in [-0.25, -0.2) is 4.39 Å². The second-order valence-electron chi connectivity index (χ2n) is 5.70. The third kappa shape index (κ3) is 3.37. The van der Waals surface area contributed by atoms with E-state index in [4.69, 9.17) is 23.8 Å². The Morgan fingerprint density at radius 2 is 2.04 bits per heavy atom. The minimum atomic E-state index is -0.447. The number of para-hydroxylation sites is 1. The Bertz CT molecular complexity index is 906. The fourth-order valence-electron chi connectivity index (χ4n) is 2.67. The number of hydrogen-bond acceptors (Lipinski definition) is 1. The van der Waals surface area contributed by atoms with Crippen LogP contribution in [0.25, 0.3) is 10.9 Å². The Balaban J connectivity index is 1.74. The Hall–Kier alpha value is -2.11. The molecule has 0 radical (unpaired) electrons. The lowest BCUT2D eigenvalue weighted by molar-refractivity contribution is 0.510. The van der Waals surface area contributed by atoms with Crippen LogP contribution in [0.5, 0.6) is 0 Å². The summed E-state index contributed by atoms with van der Waals surface area (Å²) in [6.45, 7) is 0.669. The molecule has 3 nitrogen and oxygen atoms in total.